The van der Waals surface area contributed by atoms with Gasteiger partial charge in [-0.15, -0.1) is 0 Å². The molecule has 5 aromatic carbocycles. The minimum atomic E-state index is -1.93. The SMILES string of the molecule is O=C(N/N=C\c1ccc(/C=N\NC(=O)C(O)(c2ccccc2)c2ccccc2)cc1)C(O)(c1ccccc1)c1ccccc1. The summed E-state index contributed by atoms with van der Waals surface area (Å²) >= 11 is 0. The third-order valence-electron chi connectivity index (χ3n) is 7.12. The molecule has 4 N–H and O–H groups in total. The van der Waals surface area contributed by atoms with Crippen molar-refractivity contribution in [3.05, 3.63) is 179 Å². The van der Waals surface area contributed by atoms with Crippen LogP contribution in [-0.2, 0) is 20.8 Å². The van der Waals surface area contributed by atoms with Gasteiger partial charge in [-0.3, -0.25) is 9.59 Å². The molecule has 0 radical (unpaired) electrons. The number of benzene rings is 5. The van der Waals surface area contributed by atoms with Crippen molar-refractivity contribution in [3.8, 4) is 0 Å². The second-order valence-corrected chi connectivity index (χ2v) is 9.95. The highest BCUT2D eigenvalue weighted by Crippen LogP contribution is 2.31. The van der Waals surface area contributed by atoms with Crippen molar-refractivity contribution < 1.29 is 19.8 Å². The van der Waals surface area contributed by atoms with Crippen molar-refractivity contribution in [2.75, 3.05) is 0 Å². The molecule has 0 aliphatic heterocycles. The Labute approximate surface area is 255 Å². The standard InChI is InChI=1S/C36H30N4O4/c41-33(35(43,29-13-5-1-6-14-29)30-15-7-2-8-16-30)39-37-25-27-21-23-28(24-22-27)26-38-40-34(42)36(44,31-17-9-3-10-18-31)32-19-11-4-12-20-32/h1-26,43-44H,(H,39,41)(H,40,42)/b37-25-,38-26-. The molecule has 0 spiro atoms. The lowest BCUT2D eigenvalue weighted by Crippen LogP contribution is -2.43. The number of aliphatic hydroxyl groups is 2. The predicted molar refractivity (Wildman–Crippen MR) is 170 cm³/mol. The number of carbonyl (C=O) groups excluding carboxylic acids is 2. The van der Waals surface area contributed by atoms with E-state index < -0.39 is 23.0 Å². The molecule has 0 saturated heterocycles. The molecule has 0 saturated carbocycles. The van der Waals surface area contributed by atoms with Crippen LogP contribution in [0.5, 0.6) is 0 Å². The van der Waals surface area contributed by atoms with E-state index >= 15 is 0 Å². The Balaban J connectivity index is 1.24. The average Bonchev–Trinajstić information content (AvgIpc) is 3.09. The van der Waals surface area contributed by atoms with Crippen LogP contribution in [0.2, 0.25) is 0 Å². The molecule has 0 unspecified atom stereocenters. The summed E-state index contributed by atoms with van der Waals surface area (Å²) < 4.78 is 0. The average molecular weight is 583 g/mol. The summed E-state index contributed by atoms with van der Waals surface area (Å²) in [6.07, 6.45) is 2.91. The van der Waals surface area contributed by atoms with Gasteiger partial charge in [0.2, 0.25) is 0 Å². The van der Waals surface area contributed by atoms with E-state index in [0.717, 1.165) is 0 Å². The molecular formula is C36H30N4O4. The number of hydrogen-bond donors (Lipinski definition) is 4. The molecule has 44 heavy (non-hydrogen) atoms. The van der Waals surface area contributed by atoms with Gasteiger partial charge in [-0.1, -0.05) is 146 Å². The first-order chi connectivity index (χ1) is 21.4. The first-order valence-corrected chi connectivity index (χ1v) is 13.9. The fourth-order valence-corrected chi connectivity index (χ4v) is 4.74. The lowest BCUT2D eigenvalue weighted by molar-refractivity contribution is -0.137. The van der Waals surface area contributed by atoms with E-state index in [0.29, 0.717) is 33.4 Å². The van der Waals surface area contributed by atoms with Gasteiger partial charge in [0.15, 0.2) is 11.2 Å². The molecule has 0 fully saturated rings. The fourth-order valence-electron chi connectivity index (χ4n) is 4.74. The fraction of sp³-hybridized carbons (Fsp3) is 0.0556. The highest BCUT2D eigenvalue weighted by atomic mass is 16.3. The predicted octanol–water partition coefficient (Wildman–Crippen LogP) is 4.46. The van der Waals surface area contributed by atoms with Gasteiger partial charge in [0.1, 0.15) is 0 Å². The second kappa shape index (κ2) is 13.5. The number of carbonyl (C=O) groups is 2. The zero-order valence-corrected chi connectivity index (χ0v) is 23.6. The first-order valence-electron chi connectivity index (χ1n) is 13.9. The van der Waals surface area contributed by atoms with Crippen LogP contribution in [0.25, 0.3) is 0 Å². The van der Waals surface area contributed by atoms with E-state index in [2.05, 4.69) is 21.1 Å². The smallest absolute Gasteiger partial charge is 0.281 e. The van der Waals surface area contributed by atoms with Crippen LogP contribution in [0.1, 0.15) is 33.4 Å². The minimum Gasteiger partial charge on any atom is -0.372 e. The molecular weight excluding hydrogens is 552 g/mol. The maximum Gasteiger partial charge on any atom is 0.281 e. The van der Waals surface area contributed by atoms with Crippen LogP contribution < -0.4 is 10.9 Å². The third kappa shape index (κ3) is 6.37. The molecule has 5 rings (SSSR count). The highest BCUT2D eigenvalue weighted by molar-refractivity contribution is 5.92. The van der Waals surface area contributed by atoms with Gasteiger partial charge in [0.25, 0.3) is 11.8 Å². The van der Waals surface area contributed by atoms with Gasteiger partial charge in [-0.25, -0.2) is 10.9 Å². The summed E-state index contributed by atoms with van der Waals surface area (Å²) in [6, 6.07) is 41.7. The lowest BCUT2D eigenvalue weighted by atomic mass is 9.85. The molecule has 0 heterocycles. The van der Waals surface area contributed by atoms with E-state index in [4.69, 9.17) is 0 Å². The van der Waals surface area contributed by atoms with Gasteiger partial charge < -0.3 is 10.2 Å². The Bertz CT molecular complexity index is 1530. The molecule has 5 aromatic rings. The summed E-state index contributed by atoms with van der Waals surface area (Å²) in [5.74, 6) is -1.40. The van der Waals surface area contributed by atoms with E-state index in [-0.39, 0.29) is 0 Å². The van der Waals surface area contributed by atoms with Crippen molar-refractivity contribution in [2.45, 2.75) is 11.2 Å². The molecule has 0 aliphatic carbocycles. The largest absolute Gasteiger partial charge is 0.372 e. The van der Waals surface area contributed by atoms with Gasteiger partial charge in [0, 0.05) is 0 Å². The van der Waals surface area contributed by atoms with E-state index in [1.54, 1.807) is 121 Å². The quantitative estimate of drug-likeness (QED) is 0.143. The number of nitrogens with one attached hydrogen (secondary N) is 2. The molecule has 218 valence electrons. The van der Waals surface area contributed by atoms with E-state index in [1.807, 2.05) is 24.3 Å². The lowest BCUT2D eigenvalue weighted by Gasteiger charge is -2.27. The number of hydrazone groups is 2. The van der Waals surface area contributed by atoms with Crippen molar-refractivity contribution in [2.24, 2.45) is 10.2 Å². The van der Waals surface area contributed by atoms with Crippen LogP contribution in [0.15, 0.2) is 156 Å². The summed E-state index contributed by atoms with van der Waals surface area (Å²) in [5, 5.41) is 31.1. The molecule has 0 aromatic heterocycles. The van der Waals surface area contributed by atoms with Crippen LogP contribution in [0, 0.1) is 0 Å². The number of amides is 2. The Morgan fingerprint density at radius 2 is 0.705 bits per heavy atom. The molecule has 8 nitrogen and oxygen atoms in total. The van der Waals surface area contributed by atoms with Crippen molar-refractivity contribution in [3.63, 3.8) is 0 Å². The maximum atomic E-state index is 13.2. The Morgan fingerprint density at radius 3 is 0.955 bits per heavy atom. The minimum absolute atomic E-state index is 0.417. The summed E-state index contributed by atoms with van der Waals surface area (Å²) in [4.78, 5) is 26.4. The van der Waals surface area contributed by atoms with Crippen molar-refractivity contribution in [1.29, 1.82) is 0 Å². The number of hydrogen-bond acceptors (Lipinski definition) is 6. The zero-order chi connectivity index (χ0) is 30.8. The summed E-state index contributed by atoms with van der Waals surface area (Å²) in [6.45, 7) is 0. The topological polar surface area (TPSA) is 123 Å². The van der Waals surface area contributed by atoms with Gasteiger partial charge in [-0.2, -0.15) is 10.2 Å². The van der Waals surface area contributed by atoms with Crippen LogP contribution in [0.4, 0.5) is 0 Å². The van der Waals surface area contributed by atoms with E-state index in [1.165, 1.54) is 12.4 Å². The van der Waals surface area contributed by atoms with Crippen LogP contribution >= 0.6 is 0 Å². The Morgan fingerprint density at radius 1 is 0.455 bits per heavy atom. The van der Waals surface area contributed by atoms with Gasteiger partial charge >= 0.3 is 0 Å². The van der Waals surface area contributed by atoms with Gasteiger partial charge in [-0.05, 0) is 33.4 Å². The normalized spacial score (nSPS) is 11.9. The molecule has 0 atom stereocenters. The third-order valence-corrected chi connectivity index (χ3v) is 7.12. The highest BCUT2D eigenvalue weighted by Gasteiger charge is 2.40. The van der Waals surface area contributed by atoms with Crippen molar-refractivity contribution >= 4 is 24.2 Å². The molecule has 0 bridgehead atoms. The summed E-state index contributed by atoms with van der Waals surface area (Å²) in [5.41, 5.74) is 4.07. The number of nitrogens with zero attached hydrogens (tertiary/aromatic N) is 2. The molecule has 2 amide bonds. The van der Waals surface area contributed by atoms with Crippen LogP contribution in [0.3, 0.4) is 0 Å². The molecule has 8 heteroatoms. The molecule has 0 aliphatic rings. The summed E-state index contributed by atoms with van der Waals surface area (Å²) in [7, 11) is 0. The first kappa shape index (κ1) is 29.8. The van der Waals surface area contributed by atoms with Crippen LogP contribution in [-0.4, -0.2) is 34.5 Å². The Kier molecular flexibility index (Phi) is 9.15. The van der Waals surface area contributed by atoms with E-state index in [9.17, 15) is 19.8 Å². The van der Waals surface area contributed by atoms with Gasteiger partial charge in [0.05, 0.1) is 12.4 Å². The zero-order valence-electron chi connectivity index (χ0n) is 23.6. The maximum absolute atomic E-state index is 13.2. The second-order valence-electron chi connectivity index (χ2n) is 9.95. The number of rotatable bonds is 10. The Hall–Kier alpha value is -5.70. The monoisotopic (exact) mass is 582 g/mol. The van der Waals surface area contributed by atoms with Crippen molar-refractivity contribution in [1.82, 2.24) is 10.9 Å².